The van der Waals surface area contributed by atoms with Crippen LogP contribution in [0.1, 0.15) is 34.6 Å². The van der Waals surface area contributed by atoms with Crippen LogP contribution in [0.4, 0.5) is 0 Å². The Hall–Kier alpha value is -0.0800. The third-order valence-corrected chi connectivity index (χ3v) is 0.853. The van der Waals surface area contributed by atoms with E-state index in [4.69, 9.17) is 4.74 Å². The summed E-state index contributed by atoms with van der Waals surface area (Å²) in [5, 5.41) is 11.0. The zero-order valence-corrected chi connectivity index (χ0v) is 7.52. The van der Waals surface area contributed by atoms with Gasteiger partial charge in [-0.15, -0.1) is 0 Å². The molecule has 0 aromatic rings. The number of hydrogen-bond donors (Lipinski definition) is 0. The van der Waals surface area contributed by atoms with E-state index >= 15 is 0 Å². The molecule has 0 aliphatic carbocycles. The predicted molar refractivity (Wildman–Crippen MR) is 40.5 cm³/mol. The molecule has 0 saturated heterocycles. The van der Waals surface area contributed by atoms with Crippen molar-refractivity contribution in [3.05, 3.63) is 0 Å². The van der Waals surface area contributed by atoms with Crippen LogP contribution in [0.15, 0.2) is 0 Å². The summed E-state index contributed by atoms with van der Waals surface area (Å²) in [7, 11) is 0. The molecule has 0 aliphatic rings. The summed E-state index contributed by atoms with van der Waals surface area (Å²) in [6.45, 7) is 9.35. The highest BCUT2D eigenvalue weighted by molar-refractivity contribution is 4.67. The van der Waals surface area contributed by atoms with E-state index in [1.54, 1.807) is 13.8 Å². The fraction of sp³-hybridized carbons (Fsp3) is 1.00. The first-order valence-electron chi connectivity index (χ1n) is 3.55. The summed E-state index contributed by atoms with van der Waals surface area (Å²) in [5.41, 5.74) is -1.16. The van der Waals surface area contributed by atoms with Crippen LogP contribution in [0, 0.1) is 0 Å². The fourth-order valence-corrected chi connectivity index (χ4v) is 0.390. The molecule has 0 heterocycles. The maximum Gasteiger partial charge on any atom is 0.121 e. The molecular formula is C8H17O2. The Labute approximate surface area is 63.2 Å². The monoisotopic (exact) mass is 145 g/mol. The lowest BCUT2D eigenvalue weighted by Crippen LogP contribution is -2.31. The van der Waals surface area contributed by atoms with Gasteiger partial charge in [0.25, 0.3) is 0 Å². The Bertz CT molecular complexity index is 80.8. The van der Waals surface area contributed by atoms with Gasteiger partial charge in [-0.2, -0.15) is 0 Å². The minimum Gasteiger partial charge on any atom is -0.373 e. The van der Waals surface area contributed by atoms with E-state index < -0.39 is 5.60 Å². The van der Waals surface area contributed by atoms with Gasteiger partial charge in [0, 0.05) is 0 Å². The van der Waals surface area contributed by atoms with Crippen LogP contribution in [0.2, 0.25) is 0 Å². The lowest BCUT2D eigenvalue weighted by Gasteiger charge is -2.23. The second kappa shape index (κ2) is 2.89. The summed E-state index contributed by atoms with van der Waals surface area (Å²) in [6, 6.07) is 0. The summed E-state index contributed by atoms with van der Waals surface area (Å²) in [5.74, 6) is 0. The van der Waals surface area contributed by atoms with E-state index in [9.17, 15) is 5.11 Å². The summed E-state index contributed by atoms with van der Waals surface area (Å²) in [6.07, 6.45) is 0. The summed E-state index contributed by atoms with van der Waals surface area (Å²) in [4.78, 5) is 0. The van der Waals surface area contributed by atoms with Crippen molar-refractivity contribution < 1.29 is 9.84 Å². The zero-order chi connectivity index (χ0) is 8.41. The molecule has 0 amide bonds. The molecule has 0 aromatic heterocycles. The van der Waals surface area contributed by atoms with Crippen LogP contribution in [-0.4, -0.2) is 17.8 Å². The van der Waals surface area contributed by atoms with Crippen molar-refractivity contribution >= 4 is 0 Å². The molecule has 0 aromatic carbocycles. The molecule has 2 nitrogen and oxygen atoms in total. The third-order valence-electron chi connectivity index (χ3n) is 0.853. The molecule has 0 bridgehead atoms. The fourth-order valence-electron chi connectivity index (χ4n) is 0.390. The van der Waals surface area contributed by atoms with Gasteiger partial charge in [-0.05, 0) is 34.6 Å². The molecule has 2 heteroatoms. The largest absolute Gasteiger partial charge is 0.373 e. The van der Waals surface area contributed by atoms with Crippen molar-refractivity contribution in [1.29, 1.82) is 0 Å². The Balaban J connectivity index is 3.56. The standard InChI is InChI=1S/C8H17O2/c1-7(2,3)10-6-8(4,5)9/h6H2,1-5H3. The van der Waals surface area contributed by atoms with Crippen molar-refractivity contribution in [2.75, 3.05) is 6.61 Å². The van der Waals surface area contributed by atoms with Gasteiger partial charge in [-0.1, -0.05) is 0 Å². The van der Waals surface area contributed by atoms with Crippen molar-refractivity contribution in [1.82, 2.24) is 0 Å². The summed E-state index contributed by atoms with van der Waals surface area (Å²) >= 11 is 0. The van der Waals surface area contributed by atoms with E-state index in [0.717, 1.165) is 0 Å². The van der Waals surface area contributed by atoms with E-state index in [2.05, 4.69) is 0 Å². The van der Waals surface area contributed by atoms with Crippen molar-refractivity contribution in [3.63, 3.8) is 0 Å². The molecule has 0 atom stereocenters. The number of ether oxygens (including phenoxy) is 1. The van der Waals surface area contributed by atoms with Gasteiger partial charge < -0.3 is 4.74 Å². The molecule has 0 unspecified atom stereocenters. The predicted octanol–water partition coefficient (Wildman–Crippen LogP) is 2.01. The topological polar surface area (TPSA) is 29.1 Å². The van der Waals surface area contributed by atoms with Crippen LogP contribution in [0.3, 0.4) is 0 Å². The number of rotatable bonds is 2. The second-order valence-corrected chi connectivity index (χ2v) is 4.16. The highest BCUT2D eigenvalue weighted by Gasteiger charge is 2.19. The Kier molecular flexibility index (Phi) is 2.86. The van der Waals surface area contributed by atoms with Crippen molar-refractivity contribution in [2.45, 2.75) is 45.8 Å². The third kappa shape index (κ3) is 7.92. The molecule has 1 radical (unpaired) electrons. The van der Waals surface area contributed by atoms with E-state index in [-0.39, 0.29) is 12.2 Å². The van der Waals surface area contributed by atoms with Gasteiger partial charge in [0.15, 0.2) is 0 Å². The van der Waals surface area contributed by atoms with Crippen molar-refractivity contribution in [3.8, 4) is 0 Å². The first-order valence-corrected chi connectivity index (χ1v) is 3.55. The molecule has 10 heavy (non-hydrogen) atoms. The van der Waals surface area contributed by atoms with Gasteiger partial charge >= 0.3 is 0 Å². The second-order valence-electron chi connectivity index (χ2n) is 4.16. The molecule has 0 spiro atoms. The molecule has 61 valence electrons. The normalized spacial score (nSPS) is 13.8. The molecular weight excluding hydrogens is 128 g/mol. The molecule has 0 fully saturated rings. The molecule has 0 aliphatic heterocycles. The molecule has 0 saturated carbocycles. The van der Waals surface area contributed by atoms with Crippen LogP contribution in [0.25, 0.3) is 0 Å². The Morgan fingerprint density at radius 1 is 1.10 bits per heavy atom. The maximum absolute atomic E-state index is 11.0. The van der Waals surface area contributed by atoms with Crippen LogP contribution >= 0.6 is 0 Å². The zero-order valence-electron chi connectivity index (χ0n) is 7.52. The maximum atomic E-state index is 11.0. The minimum atomic E-state index is -0.965. The quantitative estimate of drug-likeness (QED) is 0.584. The van der Waals surface area contributed by atoms with Gasteiger partial charge in [0.1, 0.15) is 5.60 Å². The summed E-state index contributed by atoms with van der Waals surface area (Å²) < 4.78 is 5.28. The van der Waals surface area contributed by atoms with Gasteiger partial charge in [-0.25, -0.2) is 5.11 Å². The smallest absolute Gasteiger partial charge is 0.121 e. The van der Waals surface area contributed by atoms with Crippen LogP contribution in [0.5, 0.6) is 0 Å². The SMILES string of the molecule is CC(C)([O])COC(C)(C)C. The Morgan fingerprint density at radius 3 is 1.60 bits per heavy atom. The lowest BCUT2D eigenvalue weighted by atomic mass is 10.1. The van der Waals surface area contributed by atoms with Crippen LogP contribution in [-0.2, 0) is 9.84 Å². The first kappa shape index (κ1) is 9.92. The van der Waals surface area contributed by atoms with E-state index in [0.29, 0.717) is 0 Å². The van der Waals surface area contributed by atoms with E-state index in [1.165, 1.54) is 0 Å². The highest BCUT2D eigenvalue weighted by Crippen LogP contribution is 2.11. The minimum absolute atomic E-state index is 0.193. The molecule has 0 rings (SSSR count). The Morgan fingerprint density at radius 2 is 1.50 bits per heavy atom. The van der Waals surface area contributed by atoms with Gasteiger partial charge in [0.05, 0.1) is 12.2 Å². The van der Waals surface area contributed by atoms with E-state index in [1.807, 2.05) is 20.8 Å². The first-order chi connectivity index (χ1) is 4.21. The average molecular weight is 145 g/mol. The van der Waals surface area contributed by atoms with Gasteiger partial charge in [-0.3, -0.25) is 0 Å². The number of hydrogen-bond acceptors (Lipinski definition) is 1. The average Bonchev–Trinajstić information content (AvgIpc) is 1.57. The van der Waals surface area contributed by atoms with Gasteiger partial charge in [0.2, 0.25) is 0 Å². The molecule has 0 N–H and O–H groups in total. The van der Waals surface area contributed by atoms with Crippen LogP contribution < -0.4 is 0 Å². The lowest BCUT2D eigenvalue weighted by molar-refractivity contribution is -0.110. The van der Waals surface area contributed by atoms with Crippen molar-refractivity contribution in [2.24, 2.45) is 0 Å². The highest BCUT2D eigenvalue weighted by atomic mass is 16.5.